The molecule has 3 N–H and O–H groups in total. The van der Waals surface area contributed by atoms with Crippen molar-refractivity contribution in [1.29, 1.82) is 0 Å². The fourth-order valence-corrected chi connectivity index (χ4v) is 3.66. The van der Waals surface area contributed by atoms with Crippen LogP contribution in [0, 0.1) is 0 Å². The Morgan fingerprint density at radius 3 is 2.67 bits per heavy atom. The Morgan fingerprint density at radius 1 is 1.25 bits per heavy atom. The number of anilines is 1. The second-order valence-corrected chi connectivity index (χ2v) is 7.44. The number of hydrogen-bond acceptors (Lipinski definition) is 5. The molecule has 0 aromatic heterocycles. The Balaban J connectivity index is 2.25. The number of methoxy groups -OCH3 is 1. The number of hydrogen-bond donors (Lipinski definition) is 2. The van der Waals surface area contributed by atoms with Crippen LogP contribution < -0.4 is 10.5 Å². The van der Waals surface area contributed by atoms with Gasteiger partial charge >= 0.3 is 5.97 Å². The van der Waals surface area contributed by atoms with Gasteiger partial charge in [-0.15, -0.1) is 0 Å². The largest absolute Gasteiger partial charge is 0.465 e. The van der Waals surface area contributed by atoms with Crippen LogP contribution in [0.2, 0.25) is 5.02 Å². The lowest BCUT2D eigenvalue weighted by Gasteiger charge is -2.13. The fraction of sp³-hybridized carbons (Fsp3) is 0.188. The van der Waals surface area contributed by atoms with E-state index in [2.05, 4.69) is 5.32 Å². The molecule has 126 valence electrons. The molecule has 0 atom stereocenters. The normalized spacial score (nSPS) is 13.3. The minimum Gasteiger partial charge on any atom is -0.465 e. The summed E-state index contributed by atoms with van der Waals surface area (Å²) in [4.78, 5) is 11.8. The minimum absolute atomic E-state index is 0.0831. The molecule has 0 radical (unpaired) electrons. The molecule has 0 bridgehead atoms. The molecule has 3 rings (SSSR count). The maximum absolute atomic E-state index is 11.9. The summed E-state index contributed by atoms with van der Waals surface area (Å²) in [6.07, 6.45) is 0.760. The third-order valence-electron chi connectivity index (χ3n) is 3.85. The summed E-state index contributed by atoms with van der Waals surface area (Å²) in [5.74, 6) is -0.459. The molecule has 24 heavy (non-hydrogen) atoms. The summed E-state index contributed by atoms with van der Waals surface area (Å²) in [6, 6.07) is 7.79. The van der Waals surface area contributed by atoms with Gasteiger partial charge < -0.3 is 10.1 Å². The first kappa shape index (κ1) is 16.8. The Hall–Kier alpha value is -2.09. The molecule has 1 aliphatic rings. The molecule has 0 saturated carbocycles. The van der Waals surface area contributed by atoms with Crippen molar-refractivity contribution >= 4 is 33.3 Å². The fourth-order valence-electron chi connectivity index (χ4n) is 2.78. The van der Waals surface area contributed by atoms with Gasteiger partial charge in [0, 0.05) is 22.8 Å². The van der Waals surface area contributed by atoms with Gasteiger partial charge in [0.15, 0.2) is 0 Å². The molecule has 6 nitrogen and oxygen atoms in total. The molecule has 0 aliphatic carbocycles. The van der Waals surface area contributed by atoms with Crippen molar-refractivity contribution in [3.8, 4) is 11.1 Å². The highest BCUT2D eigenvalue weighted by Gasteiger charge is 2.21. The summed E-state index contributed by atoms with van der Waals surface area (Å²) < 4.78 is 28.1. The second kappa shape index (κ2) is 6.08. The SMILES string of the molecule is COC(=O)c1cc2c(c(-c3cc(Cl)cc(S(N)(=O)=O)c3)c1)NCC2. The number of nitrogens with one attached hydrogen (secondary N) is 1. The van der Waals surface area contributed by atoms with Crippen molar-refractivity contribution in [1.82, 2.24) is 0 Å². The van der Waals surface area contributed by atoms with Gasteiger partial charge in [-0.3, -0.25) is 0 Å². The van der Waals surface area contributed by atoms with E-state index in [1.165, 1.54) is 19.2 Å². The van der Waals surface area contributed by atoms with E-state index in [9.17, 15) is 13.2 Å². The number of sulfonamides is 1. The van der Waals surface area contributed by atoms with Crippen LogP contribution in [-0.4, -0.2) is 28.0 Å². The number of rotatable bonds is 3. The quantitative estimate of drug-likeness (QED) is 0.813. The zero-order valence-corrected chi connectivity index (χ0v) is 14.4. The van der Waals surface area contributed by atoms with Gasteiger partial charge in [-0.1, -0.05) is 11.6 Å². The van der Waals surface area contributed by atoms with Crippen LogP contribution >= 0.6 is 11.6 Å². The van der Waals surface area contributed by atoms with E-state index in [0.717, 1.165) is 24.2 Å². The van der Waals surface area contributed by atoms with Gasteiger partial charge in [0.25, 0.3) is 0 Å². The first-order valence-corrected chi connectivity index (χ1v) is 9.05. The molecule has 8 heteroatoms. The predicted molar refractivity (Wildman–Crippen MR) is 91.8 cm³/mol. The Morgan fingerprint density at radius 2 is 2.00 bits per heavy atom. The van der Waals surface area contributed by atoms with E-state index < -0.39 is 16.0 Å². The molecular weight excluding hydrogens is 352 g/mol. The lowest BCUT2D eigenvalue weighted by molar-refractivity contribution is 0.0600. The van der Waals surface area contributed by atoms with Gasteiger partial charge in [-0.05, 0) is 47.9 Å². The molecule has 0 spiro atoms. The summed E-state index contributed by atoms with van der Waals surface area (Å²) in [5.41, 5.74) is 3.45. The molecule has 0 unspecified atom stereocenters. The minimum atomic E-state index is -3.90. The number of esters is 1. The summed E-state index contributed by atoms with van der Waals surface area (Å²) in [7, 11) is -2.59. The molecule has 1 heterocycles. The van der Waals surface area contributed by atoms with Crippen LogP contribution in [0.15, 0.2) is 35.2 Å². The van der Waals surface area contributed by atoms with Gasteiger partial charge in [-0.2, -0.15) is 0 Å². The Labute approximate surface area is 144 Å². The Kier molecular flexibility index (Phi) is 4.25. The predicted octanol–water partition coefficient (Wildman–Crippen LogP) is 2.41. The summed E-state index contributed by atoms with van der Waals surface area (Å²) in [6.45, 7) is 0.732. The van der Waals surface area contributed by atoms with E-state index in [1.54, 1.807) is 18.2 Å². The molecule has 2 aromatic rings. The lowest BCUT2D eigenvalue weighted by atomic mass is 9.97. The molecular formula is C16H15ClN2O4S. The number of nitrogens with two attached hydrogens (primary N) is 1. The van der Waals surface area contributed by atoms with Crippen molar-refractivity contribution in [2.45, 2.75) is 11.3 Å². The number of carbonyl (C=O) groups excluding carboxylic acids is 1. The first-order valence-electron chi connectivity index (χ1n) is 7.12. The monoisotopic (exact) mass is 366 g/mol. The van der Waals surface area contributed by atoms with E-state index >= 15 is 0 Å². The molecule has 0 amide bonds. The van der Waals surface area contributed by atoms with Gasteiger partial charge in [0.2, 0.25) is 10.0 Å². The maximum Gasteiger partial charge on any atom is 0.337 e. The number of fused-ring (bicyclic) bond motifs is 1. The summed E-state index contributed by atoms with van der Waals surface area (Å²) >= 11 is 6.05. The smallest absolute Gasteiger partial charge is 0.337 e. The van der Waals surface area contributed by atoms with Crippen LogP contribution in [0.1, 0.15) is 15.9 Å². The van der Waals surface area contributed by atoms with Crippen LogP contribution in [-0.2, 0) is 21.2 Å². The Bertz CT molecular complexity index is 941. The van der Waals surface area contributed by atoms with E-state index in [0.29, 0.717) is 16.7 Å². The van der Waals surface area contributed by atoms with Gasteiger partial charge in [0.1, 0.15) is 0 Å². The standard InChI is InChI=1S/C16H15ClN2O4S/c1-23-16(20)11-4-9-2-3-19-15(9)14(7-11)10-5-12(17)8-13(6-10)24(18,21)22/h4-8,19H,2-3H2,1H3,(H2,18,21,22). The van der Waals surface area contributed by atoms with E-state index in [-0.39, 0.29) is 9.92 Å². The second-order valence-electron chi connectivity index (χ2n) is 5.45. The first-order chi connectivity index (χ1) is 11.3. The molecule has 0 fully saturated rings. The van der Waals surface area contributed by atoms with Gasteiger partial charge in [-0.25, -0.2) is 18.4 Å². The zero-order chi connectivity index (χ0) is 17.5. The van der Waals surface area contributed by atoms with Crippen LogP contribution in [0.4, 0.5) is 5.69 Å². The molecule has 2 aromatic carbocycles. The zero-order valence-electron chi connectivity index (χ0n) is 12.8. The van der Waals surface area contributed by atoms with E-state index in [4.69, 9.17) is 21.5 Å². The topological polar surface area (TPSA) is 98.5 Å². The van der Waals surface area contributed by atoms with E-state index in [1.807, 2.05) is 0 Å². The van der Waals surface area contributed by atoms with Crippen molar-refractivity contribution < 1.29 is 17.9 Å². The third kappa shape index (κ3) is 3.10. The highest BCUT2D eigenvalue weighted by molar-refractivity contribution is 7.89. The number of primary sulfonamides is 1. The lowest BCUT2D eigenvalue weighted by Crippen LogP contribution is -2.12. The van der Waals surface area contributed by atoms with Crippen molar-refractivity contribution in [2.75, 3.05) is 19.0 Å². The maximum atomic E-state index is 11.9. The van der Waals surface area contributed by atoms with Crippen LogP contribution in [0.5, 0.6) is 0 Å². The summed E-state index contributed by atoms with van der Waals surface area (Å²) in [5, 5.41) is 8.70. The van der Waals surface area contributed by atoms with Crippen molar-refractivity contribution in [3.63, 3.8) is 0 Å². The average Bonchev–Trinajstić information content (AvgIpc) is 3.00. The number of benzene rings is 2. The number of carbonyl (C=O) groups is 1. The molecule has 0 saturated heterocycles. The van der Waals surface area contributed by atoms with Crippen molar-refractivity contribution in [2.24, 2.45) is 5.14 Å². The average molecular weight is 367 g/mol. The van der Waals surface area contributed by atoms with Gasteiger partial charge in [0.05, 0.1) is 17.6 Å². The highest BCUT2D eigenvalue weighted by Crippen LogP contribution is 2.37. The molecule has 1 aliphatic heterocycles. The number of ether oxygens (including phenoxy) is 1. The van der Waals surface area contributed by atoms with Crippen LogP contribution in [0.25, 0.3) is 11.1 Å². The van der Waals surface area contributed by atoms with Crippen molar-refractivity contribution in [3.05, 3.63) is 46.5 Å². The number of halogens is 1. The third-order valence-corrected chi connectivity index (χ3v) is 4.96. The highest BCUT2D eigenvalue weighted by atomic mass is 35.5. The van der Waals surface area contributed by atoms with Crippen LogP contribution in [0.3, 0.4) is 0 Å².